The van der Waals surface area contributed by atoms with E-state index in [-0.39, 0.29) is 30.5 Å². The highest BCUT2D eigenvalue weighted by Gasteiger charge is 2.26. The summed E-state index contributed by atoms with van der Waals surface area (Å²) in [6, 6.07) is 14.4. The first-order valence-corrected chi connectivity index (χ1v) is 11.3. The number of carbonyl (C=O) groups excluding carboxylic acids is 2. The fraction of sp³-hybridized carbons (Fsp3) is 0.308. The number of rotatable bonds is 8. The molecule has 1 amide bonds. The number of nitrogens with zero attached hydrogens (tertiary/aromatic N) is 2. The Morgan fingerprint density at radius 3 is 2.29 bits per heavy atom. The zero-order chi connectivity index (χ0) is 25.7. The van der Waals surface area contributed by atoms with Gasteiger partial charge in [-0.25, -0.2) is 9.59 Å². The second-order valence-corrected chi connectivity index (χ2v) is 8.92. The normalized spacial score (nSPS) is 10.9. The molecule has 0 fully saturated rings. The van der Waals surface area contributed by atoms with Gasteiger partial charge in [-0.05, 0) is 37.5 Å². The Bertz CT molecular complexity index is 1320. The number of hydrogen-bond donors (Lipinski definition) is 2. The molecule has 35 heavy (non-hydrogen) atoms. The standard InChI is InChI=1S/C26H30N4O5/c1-16(2)13-29(21(31)15-35-25(33)20-11-17(3)10-18(4)12-20)22-23(27)30(26(34)28-24(22)32)14-19-8-6-5-7-9-19/h5-12,16H,13-15,27H2,1-4H3,(H,28,32,34). The van der Waals surface area contributed by atoms with E-state index in [0.29, 0.717) is 5.56 Å². The van der Waals surface area contributed by atoms with Crippen LogP contribution in [0.1, 0.15) is 40.9 Å². The van der Waals surface area contributed by atoms with E-state index in [2.05, 4.69) is 4.98 Å². The summed E-state index contributed by atoms with van der Waals surface area (Å²) in [5.41, 5.74) is 7.56. The van der Waals surface area contributed by atoms with Crippen LogP contribution >= 0.6 is 0 Å². The molecule has 9 heteroatoms. The third kappa shape index (κ3) is 6.26. The van der Waals surface area contributed by atoms with Crippen LogP contribution in [0.2, 0.25) is 0 Å². The Labute approximate surface area is 203 Å². The topological polar surface area (TPSA) is 127 Å². The molecule has 3 N–H and O–H groups in total. The first kappa shape index (κ1) is 25.5. The van der Waals surface area contributed by atoms with Crippen LogP contribution in [0, 0.1) is 19.8 Å². The number of nitrogens with two attached hydrogens (primary N) is 1. The number of esters is 1. The first-order chi connectivity index (χ1) is 16.6. The van der Waals surface area contributed by atoms with Crippen molar-refractivity contribution in [1.82, 2.24) is 9.55 Å². The molecule has 3 rings (SSSR count). The summed E-state index contributed by atoms with van der Waals surface area (Å²) in [6.07, 6.45) is 0. The third-order valence-electron chi connectivity index (χ3n) is 5.30. The van der Waals surface area contributed by atoms with Crippen molar-refractivity contribution in [2.75, 3.05) is 23.8 Å². The Morgan fingerprint density at radius 2 is 1.69 bits per heavy atom. The van der Waals surface area contributed by atoms with E-state index in [9.17, 15) is 19.2 Å². The van der Waals surface area contributed by atoms with Crippen LogP contribution in [0.3, 0.4) is 0 Å². The molecule has 0 aliphatic rings. The SMILES string of the molecule is Cc1cc(C)cc(C(=O)OCC(=O)N(CC(C)C)c2c(N)n(Cc3ccccc3)c(=O)[nH]c2=O)c1. The molecular formula is C26H30N4O5. The molecule has 0 radical (unpaired) electrons. The lowest BCUT2D eigenvalue weighted by Gasteiger charge is -2.26. The molecule has 3 aromatic rings. The second kappa shape index (κ2) is 10.9. The average Bonchev–Trinajstić information content (AvgIpc) is 2.79. The van der Waals surface area contributed by atoms with Crippen LogP contribution in [0.15, 0.2) is 58.1 Å². The van der Waals surface area contributed by atoms with Crippen molar-refractivity contribution in [3.63, 3.8) is 0 Å². The number of amides is 1. The molecule has 0 bridgehead atoms. The zero-order valence-electron chi connectivity index (χ0n) is 20.3. The summed E-state index contributed by atoms with van der Waals surface area (Å²) in [5.74, 6) is -1.45. The molecule has 0 saturated heterocycles. The molecule has 184 valence electrons. The van der Waals surface area contributed by atoms with Gasteiger partial charge in [-0.15, -0.1) is 0 Å². The van der Waals surface area contributed by atoms with Crippen molar-refractivity contribution < 1.29 is 14.3 Å². The largest absolute Gasteiger partial charge is 0.452 e. The average molecular weight is 479 g/mol. The van der Waals surface area contributed by atoms with Gasteiger partial charge < -0.3 is 15.4 Å². The maximum Gasteiger partial charge on any atom is 0.338 e. The number of H-pyrrole nitrogens is 1. The van der Waals surface area contributed by atoms with E-state index in [0.717, 1.165) is 16.7 Å². The van der Waals surface area contributed by atoms with Gasteiger partial charge in [-0.2, -0.15) is 0 Å². The highest BCUT2D eigenvalue weighted by atomic mass is 16.5. The fourth-order valence-electron chi connectivity index (χ4n) is 3.83. The molecule has 0 spiro atoms. The third-order valence-corrected chi connectivity index (χ3v) is 5.30. The lowest BCUT2D eigenvalue weighted by molar-refractivity contribution is -0.121. The maximum atomic E-state index is 13.2. The van der Waals surface area contributed by atoms with Gasteiger partial charge in [0.15, 0.2) is 12.3 Å². The van der Waals surface area contributed by atoms with Gasteiger partial charge in [-0.1, -0.05) is 61.4 Å². The second-order valence-electron chi connectivity index (χ2n) is 8.92. The van der Waals surface area contributed by atoms with Crippen LogP contribution in [-0.2, 0) is 16.1 Å². The summed E-state index contributed by atoms with van der Waals surface area (Å²) in [4.78, 5) is 54.4. The number of ether oxygens (including phenoxy) is 1. The number of hydrogen-bond acceptors (Lipinski definition) is 6. The Morgan fingerprint density at radius 1 is 1.06 bits per heavy atom. The molecule has 9 nitrogen and oxygen atoms in total. The van der Waals surface area contributed by atoms with Gasteiger partial charge in [0.25, 0.3) is 11.5 Å². The molecule has 0 aliphatic carbocycles. The van der Waals surface area contributed by atoms with Crippen LogP contribution in [-0.4, -0.2) is 34.6 Å². The number of nitrogens with one attached hydrogen (secondary N) is 1. The van der Waals surface area contributed by atoms with Gasteiger partial charge in [0.2, 0.25) is 0 Å². The summed E-state index contributed by atoms with van der Waals surface area (Å²) in [7, 11) is 0. The van der Waals surface area contributed by atoms with E-state index in [4.69, 9.17) is 10.5 Å². The van der Waals surface area contributed by atoms with E-state index in [1.807, 2.05) is 64.1 Å². The molecule has 1 heterocycles. The fourth-order valence-corrected chi connectivity index (χ4v) is 3.83. The summed E-state index contributed by atoms with van der Waals surface area (Å²) < 4.78 is 6.46. The molecule has 0 aliphatic heterocycles. The van der Waals surface area contributed by atoms with Gasteiger partial charge >= 0.3 is 11.7 Å². The monoisotopic (exact) mass is 478 g/mol. The molecule has 0 atom stereocenters. The van der Waals surface area contributed by atoms with Crippen molar-refractivity contribution >= 4 is 23.4 Å². The minimum Gasteiger partial charge on any atom is -0.452 e. The summed E-state index contributed by atoms with van der Waals surface area (Å²) in [5, 5.41) is 0. The van der Waals surface area contributed by atoms with Gasteiger partial charge in [-0.3, -0.25) is 19.1 Å². The van der Waals surface area contributed by atoms with Crippen molar-refractivity contribution in [1.29, 1.82) is 0 Å². The van der Waals surface area contributed by atoms with Crippen LogP contribution in [0.5, 0.6) is 0 Å². The number of carbonyl (C=O) groups is 2. The quantitative estimate of drug-likeness (QED) is 0.479. The number of aromatic amines is 1. The lowest BCUT2D eigenvalue weighted by Crippen LogP contribution is -2.44. The van der Waals surface area contributed by atoms with Gasteiger partial charge in [0.1, 0.15) is 5.82 Å². The number of benzene rings is 2. The van der Waals surface area contributed by atoms with Gasteiger partial charge in [0, 0.05) is 6.54 Å². The van der Waals surface area contributed by atoms with Crippen LogP contribution in [0.4, 0.5) is 11.5 Å². The highest BCUT2D eigenvalue weighted by molar-refractivity contribution is 5.98. The number of anilines is 2. The Hall–Kier alpha value is -4.14. The van der Waals surface area contributed by atoms with E-state index >= 15 is 0 Å². The molecule has 2 aromatic carbocycles. The summed E-state index contributed by atoms with van der Waals surface area (Å²) >= 11 is 0. The van der Waals surface area contributed by atoms with Crippen LogP contribution < -0.4 is 21.9 Å². The molecule has 0 unspecified atom stereocenters. The van der Waals surface area contributed by atoms with Crippen molar-refractivity contribution in [3.05, 3.63) is 91.6 Å². The van der Waals surface area contributed by atoms with Gasteiger partial charge in [0.05, 0.1) is 12.1 Å². The van der Waals surface area contributed by atoms with Crippen molar-refractivity contribution in [2.24, 2.45) is 5.92 Å². The number of aromatic nitrogens is 2. The lowest BCUT2D eigenvalue weighted by atomic mass is 10.1. The smallest absolute Gasteiger partial charge is 0.338 e. The molecule has 0 saturated carbocycles. The first-order valence-electron chi connectivity index (χ1n) is 11.3. The minimum atomic E-state index is -0.786. The predicted octanol–water partition coefficient (Wildman–Crippen LogP) is 2.63. The van der Waals surface area contributed by atoms with E-state index < -0.39 is 29.7 Å². The predicted molar refractivity (Wildman–Crippen MR) is 135 cm³/mol. The van der Waals surface area contributed by atoms with Crippen LogP contribution in [0.25, 0.3) is 0 Å². The summed E-state index contributed by atoms with van der Waals surface area (Å²) in [6.45, 7) is 7.11. The molecule has 1 aromatic heterocycles. The van der Waals surface area contributed by atoms with Crippen molar-refractivity contribution in [2.45, 2.75) is 34.2 Å². The Balaban J connectivity index is 1.91. The number of nitrogen functional groups attached to an aromatic ring is 1. The maximum absolute atomic E-state index is 13.2. The zero-order valence-corrected chi connectivity index (χ0v) is 20.3. The van der Waals surface area contributed by atoms with Crippen molar-refractivity contribution in [3.8, 4) is 0 Å². The highest BCUT2D eigenvalue weighted by Crippen LogP contribution is 2.20. The minimum absolute atomic E-state index is 0.0395. The number of aryl methyl sites for hydroxylation is 2. The van der Waals surface area contributed by atoms with E-state index in [1.54, 1.807) is 12.1 Å². The molecular weight excluding hydrogens is 448 g/mol. The Kier molecular flexibility index (Phi) is 7.91. The van der Waals surface area contributed by atoms with E-state index in [1.165, 1.54) is 9.47 Å².